The average Bonchev–Trinajstić information content (AvgIpc) is 2.40. The average molecular weight is 320 g/mol. The summed E-state index contributed by atoms with van der Waals surface area (Å²) in [5, 5.41) is 0.851. The maximum Gasteiger partial charge on any atom is 0.220 e. The van der Waals surface area contributed by atoms with E-state index in [0.717, 1.165) is 35.5 Å². The largest absolute Gasteiger partial charge is 0.369 e. The second-order valence-electron chi connectivity index (χ2n) is 6.46. The van der Waals surface area contributed by atoms with E-state index >= 15 is 0 Å². The van der Waals surface area contributed by atoms with Gasteiger partial charge in [-0.15, -0.1) is 0 Å². The lowest BCUT2D eigenvalue weighted by Gasteiger charge is -2.41. The van der Waals surface area contributed by atoms with Crippen LogP contribution in [-0.2, 0) is 12.8 Å². The van der Waals surface area contributed by atoms with Gasteiger partial charge in [-0.05, 0) is 69.2 Å². The van der Waals surface area contributed by atoms with Gasteiger partial charge >= 0.3 is 0 Å². The molecule has 1 aromatic carbocycles. The highest BCUT2D eigenvalue weighted by molar-refractivity contribution is 6.31. The summed E-state index contributed by atoms with van der Waals surface area (Å²) in [6.45, 7) is 6.04. The number of benzene rings is 1. The van der Waals surface area contributed by atoms with Crippen molar-refractivity contribution in [2.75, 3.05) is 4.90 Å². The molecule has 0 unspecified atom stereocenters. The number of rotatable bonds is 1. The van der Waals surface area contributed by atoms with Crippen LogP contribution >= 0.6 is 11.6 Å². The molecule has 0 fully saturated rings. The highest BCUT2D eigenvalue weighted by Gasteiger charge is 2.36. The number of aryl methyl sites for hydroxylation is 1. The lowest BCUT2D eigenvalue weighted by Crippen LogP contribution is -2.55. The van der Waals surface area contributed by atoms with E-state index in [1.54, 1.807) is 0 Å². The first-order valence-corrected chi connectivity index (χ1v) is 7.99. The molecule has 0 saturated carbocycles. The Kier molecular flexibility index (Phi) is 3.56. The molecule has 1 heterocycles. The summed E-state index contributed by atoms with van der Waals surface area (Å²) >= 11 is 6.46. The molecule has 0 spiro atoms. The van der Waals surface area contributed by atoms with E-state index in [2.05, 4.69) is 16.9 Å². The van der Waals surface area contributed by atoms with Crippen LogP contribution in [0, 0.1) is 6.92 Å². The van der Waals surface area contributed by atoms with Crippen molar-refractivity contribution in [3.8, 4) is 0 Å². The Labute approximate surface area is 136 Å². The predicted octanol–water partition coefficient (Wildman–Crippen LogP) is 2.71. The lowest BCUT2D eigenvalue weighted by atomic mass is 9.87. The molecule has 1 aromatic rings. The fourth-order valence-electron chi connectivity index (χ4n) is 3.52. The highest BCUT2D eigenvalue weighted by atomic mass is 35.5. The van der Waals surface area contributed by atoms with Gasteiger partial charge in [-0.25, -0.2) is 4.99 Å². The third kappa shape index (κ3) is 2.33. The molecule has 4 N–H and O–H groups in total. The summed E-state index contributed by atoms with van der Waals surface area (Å²) in [6.07, 6.45) is 4.35. The minimum Gasteiger partial charge on any atom is -0.369 e. The van der Waals surface area contributed by atoms with E-state index in [0.29, 0.717) is 5.96 Å². The van der Waals surface area contributed by atoms with Crippen LogP contribution in [0.1, 0.15) is 43.4 Å². The minimum absolute atomic E-state index is 0.222. The Morgan fingerprint density at radius 3 is 2.45 bits per heavy atom. The molecular weight excluding hydrogens is 298 g/mol. The van der Waals surface area contributed by atoms with Gasteiger partial charge in [0.1, 0.15) is 5.66 Å². The first-order chi connectivity index (χ1) is 10.3. The summed E-state index contributed by atoms with van der Waals surface area (Å²) in [7, 11) is 0. The van der Waals surface area contributed by atoms with Gasteiger partial charge in [-0.2, -0.15) is 4.99 Å². The van der Waals surface area contributed by atoms with Crippen LogP contribution in [0.2, 0.25) is 5.02 Å². The monoisotopic (exact) mass is 319 g/mol. The molecule has 1 aliphatic carbocycles. The Bertz CT molecular complexity index is 690. The van der Waals surface area contributed by atoms with Gasteiger partial charge in [-0.1, -0.05) is 11.6 Å². The van der Waals surface area contributed by atoms with Crippen LogP contribution in [0.4, 0.5) is 5.69 Å². The zero-order chi connectivity index (χ0) is 16.1. The zero-order valence-corrected chi connectivity index (χ0v) is 14.0. The molecule has 2 aliphatic rings. The first-order valence-electron chi connectivity index (χ1n) is 7.62. The number of hydrogen-bond acceptors (Lipinski definition) is 5. The Balaban J connectivity index is 2.22. The maximum atomic E-state index is 6.46. The fourth-order valence-corrected chi connectivity index (χ4v) is 3.89. The van der Waals surface area contributed by atoms with Crippen molar-refractivity contribution in [3.63, 3.8) is 0 Å². The SMILES string of the molecule is Cc1cc(Cl)c2c(c1N1C(N)=NC(N)=NC1(C)C)CCCC2. The molecule has 22 heavy (non-hydrogen) atoms. The molecule has 1 aliphatic heterocycles. The number of nitrogens with zero attached hydrogens (tertiary/aromatic N) is 3. The summed E-state index contributed by atoms with van der Waals surface area (Å²) in [5.41, 5.74) is 16.1. The first kappa shape index (κ1) is 15.2. The van der Waals surface area contributed by atoms with Crippen molar-refractivity contribution >= 4 is 29.2 Å². The summed E-state index contributed by atoms with van der Waals surface area (Å²) in [4.78, 5) is 10.6. The highest BCUT2D eigenvalue weighted by Crippen LogP contribution is 2.40. The normalized spacial score (nSPS) is 20.3. The van der Waals surface area contributed by atoms with Crippen LogP contribution in [0.25, 0.3) is 0 Å². The van der Waals surface area contributed by atoms with E-state index in [-0.39, 0.29) is 5.96 Å². The van der Waals surface area contributed by atoms with Crippen molar-refractivity contribution in [1.82, 2.24) is 0 Å². The number of guanidine groups is 2. The molecule has 5 nitrogen and oxygen atoms in total. The molecule has 6 heteroatoms. The number of halogens is 1. The van der Waals surface area contributed by atoms with Crippen LogP contribution in [0.15, 0.2) is 16.1 Å². The fraction of sp³-hybridized carbons (Fsp3) is 0.500. The van der Waals surface area contributed by atoms with Gasteiger partial charge in [0.25, 0.3) is 0 Å². The topological polar surface area (TPSA) is 80.0 Å². The van der Waals surface area contributed by atoms with Crippen molar-refractivity contribution in [3.05, 3.63) is 27.8 Å². The Hall–Kier alpha value is -1.75. The number of hydrogen-bond donors (Lipinski definition) is 2. The number of aliphatic imine (C=N–C) groups is 2. The van der Waals surface area contributed by atoms with Crippen molar-refractivity contribution < 1.29 is 0 Å². The van der Waals surface area contributed by atoms with E-state index in [1.165, 1.54) is 17.5 Å². The standard InChI is InChI=1S/C16H22ClN5/c1-9-8-12(17)10-6-4-5-7-11(10)13(9)22-15(19)20-14(18)21-16(22,2)3/h8H,4-7H2,1-3H3,(H4,18,19,20,21). The molecule has 0 saturated heterocycles. The Morgan fingerprint density at radius 1 is 1.18 bits per heavy atom. The summed E-state index contributed by atoms with van der Waals surface area (Å²) < 4.78 is 0. The van der Waals surface area contributed by atoms with Crippen LogP contribution in [-0.4, -0.2) is 17.6 Å². The molecule has 0 radical (unpaired) electrons. The number of anilines is 1. The van der Waals surface area contributed by atoms with E-state index in [1.807, 2.05) is 24.8 Å². The summed E-state index contributed by atoms with van der Waals surface area (Å²) in [6, 6.07) is 2.02. The number of fused-ring (bicyclic) bond motifs is 1. The lowest BCUT2D eigenvalue weighted by molar-refractivity contribution is 0.530. The third-order valence-corrected chi connectivity index (χ3v) is 4.71. The van der Waals surface area contributed by atoms with Gasteiger partial charge in [0.15, 0.2) is 0 Å². The van der Waals surface area contributed by atoms with Crippen LogP contribution < -0.4 is 16.4 Å². The third-order valence-electron chi connectivity index (χ3n) is 4.38. The molecular formula is C16H22ClN5. The summed E-state index contributed by atoms with van der Waals surface area (Å²) in [5.74, 6) is 0.606. The number of nitrogens with two attached hydrogens (primary N) is 2. The molecule has 118 valence electrons. The van der Waals surface area contributed by atoms with Crippen molar-refractivity contribution in [2.24, 2.45) is 21.5 Å². The van der Waals surface area contributed by atoms with Crippen molar-refractivity contribution in [2.45, 2.75) is 52.1 Å². The second-order valence-corrected chi connectivity index (χ2v) is 6.87. The van der Waals surface area contributed by atoms with E-state index in [4.69, 9.17) is 23.1 Å². The minimum atomic E-state index is -0.570. The molecule has 0 amide bonds. The Morgan fingerprint density at radius 2 is 1.82 bits per heavy atom. The van der Waals surface area contributed by atoms with Gasteiger partial charge in [0.05, 0.1) is 5.69 Å². The van der Waals surface area contributed by atoms with Gasteiger partial charge < -0.3 is 11.5 Å². The van der Waals surface area contributed by atoms with E-state index in [9.17, 15) is 0 Å². The van der Waals surface area contributed by atoms with Crippen LogP contribution in [0.5, 0.6) is 0 Å². The maximum absolute atomic E-state index is 6.46. The van der Waals surface area contributed by atoms with Crippen molar-refractivity contribution in [1.29, 1.82) is 0 Å². The second kappa shape index (κ2) is 5.16. The van der Waals surface area contributed by atoms with E-state index < -0.39 is 5.66 Å². The van der Waals surface area contributed by atoms with Crippen LogP contribution in [0.3, 0.4) is 0 Å². The molecule has 0 aromatic heterocycles. The molecule has 0 atom stereocenters. The quantitative estimate of drug-likeness (QED) is 0.835. The molecule has 0 bridgehead atoms. The van der Waals surface area contributed by atoms with Gasteiger partial charge in [0, 0.05) is 5.02 Å². The van der Waals surface area contributed by atoms with Gasteiger partial charge in [0.2, 0.25) is 11.9 Å². The predicted molar refractivity (Wildman–Crippen MR) is 92.6 cm³/mol. The molecule has 3 rings (SSSR count). The van der Waals surface area contributed by atoms with Gasteiger partial charge in [-0.3, -0.25) is 4.90 Å². The smallest absolute Gasteiger partial charge is 0.220 e. The zero-order valence-electron chi connectivity index (χ0n) is 13.3.